The van der Waals surface area contributed by atoms with Crippen molar-refractivity contribution in [3.63, 3.8) is 0 Å². The van der Waals surface area contributed by atoms with E-state index in [4.69, 9.17) is 5.11 Å². The maximum atomic E-state index is 8.90. The van der Waals surface area contributed by atoms with Gasteiger partial charge in [-0.05, 0) is 50.6 Å². The van der Waals surface area contributed by atoms with Gasteiger partial charge < -0.3 is 10.4 Å². The highest BCUT2D eigenvalue weighted by Gasteiger charge is 2.25. The Bertz CT molecular complexity index is 251. The summed E-state index contributed by atoms with van der Waals surface area (Å²) in [6.45, 7) is 7.73. The summed E-state index contributed by atoms with van der Waals surface area (Å²) in [5.41, 5.74) is 1.31. The van der Waals surface area contributed by atoms with Gasteiger partial charge in [-0.1, -0.05) is 6.58 Å². The number of aliphatic hydroxyl groups excluding tert-OH is 1. The highest BCUT2D eigenvalue weighted by molar-refractivity contribution is 5.03. The van der Waals surface area contributed by atoms with Crippen molar-refractivity contribution >= 4 is 0 Å². The van der Waals surface area contributed by atoms with E-state index in [2.05, 4.69) is 16.8 Å². The Morgan fingerprint density at radius 1 is 1.35 bits per heavy atom. The molecule has 1 heterocycles. The van der Waals surface area contributed by atoms with Gasteiger partial charge >= 0.3 is 0 Å². The van der Waals surface area contributed by atoms with Crippen molar-refractivity contribution in [3.8, 4) is 0 Å². The first-order chi connectivity index (χ1) is 8.29. The molecule has 0 spiro atoms. The standard InChI is InChI=1S/C14H26N2O/c1-12(10-15-13-6-7-13)11-16-8-2-4-14(16)5-3-9-17/h13-15,17H,1-11H2. The first kappa shape index (κ1) is 13.1. The number of aliphatic hydroxyl groups is 1. The molecule has 2 N–H and O–H groups in total. The molecule has 2 rings (SSSR count). The quantitative estimate of drug-likeness (QED) is 0.630. The molecule has 0 aromatic heterocycles. The molecule has 17 heavy (non-hydrogen) atoms. The van der Waals surface area contributed by atoms with Gasteiger partial charge in [0.25, 0.3) is 0 Å². The van der Waals surface area contributed by atoms with E-state index in [1.807, 2.05) is 0 Å². The van der Waals surface area contributed by atoms with Crippen molar-refractivity contribution in [1.82, 2.24) is 10.2 Å². The third kappa shape index (κ3) is 4.41. The highest BCUT2D eigenvalue weighted by Crippen LogP contribution is 2.22. The normalized spacial score (nSPS) is 25.4. The molecule has 1 atom stereocenters. The molecular formula is C14H26N2O. The maximum Gasteiger partial charge on any atom is 0.0431 e. The average molecular weight is 238 g/mol. The summed E-state index contributed by atoms with van der Waals surface area (Å²) < 4.78 is 0. The van der Waals surface area contributed by atoms with E-state index in [9.17, 15) is 0 Å². The lowest BCUT2D eigenvalue weighted by atomic mass is 10.1. The summed E-state index contributed by atoms with van der Waals surface area (Å²) in [6, 6.07) is 1.45. The zero-order valence-corrected chi connectivity index (χ0v) is 10.8. The fourth-order valence-corrected chi connectivity index (χ4v) is 2.68. The van der Waals surface area contributed by atoms with Crippen molar-refractivity contribution in [2.45, 2.75) is 50.6 Å². The Morgan fingerprint density at radius 2 is 2.18 bits per heavy atom. The number of hydrogen-bond acceptors (Lipinski definition) is 3. The summed E-state index contributed by atoms with van der Waals surface area (Å²) in [7, 11) is 0. The number of hydrogen-bond donors (Lipinski definition) is 2. The second kappa shape index (κ2) is 6.53. The van der Waals surface area contributed by atoms with Crippen molar-refractivity contribution in [2.75, 3.05) is 26.2 Å². The van der Waals surface area contributed by atoms with Crippen LogP contribution in [0.25, 0.3) is 0 Å². The van der Waals surface area contributed by atoms with Crippen LogP contribution in [0.1, 0.15) is 38.5 Å². The van der Waals surface area contributed by atoms with Crippen molar-refractivity contribution in [3.05, 3.63) is 12.2 Å². The Morgan fingerprint density at radius 3 is 2.88 bits per heavy atom. The number of rotatable bonds is 8. The second-order valence-corrected chi connectivity index (χ2v) is 5.54. The van der Waals surface area contributed by atoms with Gasteiger partial charge in [-0.2, -0.15) is 0 Å². The zero-order chi connectivity index (χ0) is 12.1. The summed E-state index contributed by atoms with van der Waals surface area (Å²) in [5.74, 6) is 0. The van der Waals surface area contributed by atoms with E-state index >= 15 is 0 Å². The second-order valence-electron chi connectivity index (χ2n) is 5.54. The summed E-state index contributed by atoms with van der Waals surface area (Å²) in [5, 5.41) is 12.4. The van der Waals surface area contributed by atoms with Gasteiger partial charge in [0, 0.05) is 31.8 Å². The Kier molecular flexibility index (Phi) is 5.01. The molecule has 0 bridgehead atoms. The van der Waals surface area contributed by atoms with E-state index in [1.165, 1.54) is 37.8 Å². The lowest BCUT2D eigenvalue weighted by molar-refractivity contribution is 0.227. The molecule has 0 radical (unpaired) electrons. The van der Waals surface area contributed by atoms with Gasteiger partial charge in [-0.3, -0.25) is 4.90 Å². The molecule has 1 aliphatic heterocycles. The van der Waals surface area contributed by atoms with E-state index in [0.29, 0.717) is 12.6 Å². The minimum Gasteiger partial charge on any atom is -0.396 e. The molecule has 1 saturated carbocycles. The van der Waals surface area contributed by atoms with Gasteiger partial charge in [0.05, 0.1) is 0 Å². The average Bonchev–Trinajstić information content (AvgIpc) is 3.05. The van der Waals surface area contributed by atoms with Crippen LogP contribution in [0.2, 0.25) is 0 Å². The van der Waals surface area contributed by atoms with E-state index in [-0.39, 0.29) is 0 Å². The highest BCUT2D eigenvalue weighted by atomic mass is 16.2. The zero-order valence-electron chi connectivity index (χ0n) is 10.8. The summed E-state index contributed by atoms with van der Waals surface area (Å²) >= 11 is 0. The Hall–Kier alpha value is -0.380. The molecule has 98 valence electrons. The van der Waals surface area contributed by atoms with Crippen LogP contribution in [0.5, 0.6) is 0 Å². The van der Waals surface area contributed by atoms with Crippen LogP contribution >= 0.6 is 0 Å². The molecule has 2 aliphatic rings. The van der Waals surface area contributed by atoms with E-state index in [1.54, 1.807) is 0 Å². The van der Waals surface area contributed by atoms with Crippen LogP contribution in [0.15, 0.2) is 12.2 Å². The van der Waals surface area contributed by atoms with Crippen LogP contribution in [-0.2, 0) is 0 Å². The van der Waals surface area contributed by atoms with Gasteiger partial charge in [-0.25, -0.2) is 0 Å². The predicted molar refractivity (Wildman–Crippen MR) is 71.1 cm³/mol. The monoisotopic (exact) mass is 238 g/mol. The Balaban J connectivity index is 1.66. The third-order valence-electron chi connectivity index (χ3n) is 3.84. The van der Waals surface area contributed by atoms with Crippen molar-refractivity contribution in [1.29, 1.82) is 0 Å². The van der Waals surface area contributed by atoms with Gasteiger partial charge in [0.1, 0.15) is 0 Å². The van der Waals surface area contributed by atoms with E-state index < -0.39 is 0 Å². The SMILES string of the molecule is C=C(CNC1CC1)CN1CCCC1CCCO. The molecule has 1 saturated heterocycles. The molecule has 2 fully saturated rings. The van der Waals surface area contributed by atoms with Crippen LogP contribution in [0, 0.1) is 0 Å². The first-order valence-corrected chi connectivity index (χ1v) is 7.04. The minimum atomic E-state index is 0.328. The molecule has 1 aliphatic carbocycles. The molecular weight excluding hydrogens is 212 g/mol. The molecule has 3 nitrogen and oxygen atoms in total. The molecule has 1 unspecified atom stereocenters. The van der Waals surface area contributed by atoms with Gasteiger partial charge in [0.15, 0.2) is 0 Å². The van der Waals surface area contributed by atoms with Gasteiger partial charge in [0.2, 0.25) is 0 Å². The minimum absolute atomic E-state index is 0.328. The maximum absolute atomic E-state index is 8.90. The molecule has 0 aromatic carbocycles. The lowest BCUT2D eigenvalue weighted by Gasteiger charge is -2.25. The lowest BCUT2D eigenvalue weighted by Crippen LogP contribution is -2.33. The number of nitrogens with zero attached hydrogens (tertiary/aromatic N) is 1. The molecule has 0 aromatic rings. The van der Waals surface area contributed by atoms with E-state index in [0.717, 1.165) is 32.0 Å². The van der Waals surface area contributed by atoms with Crippen LogP contribution in [-0.4, -0.2) is 48.3 Å². The fraction of sp³-hybridized carbons (Fsp3) is 0.857. The van der Waals surface area contributed by atoms with Crippen molar-refractivity contribution in [2.24, 2.45) is 0 Å². The third-order valence-corrected chi connectivity index (χ3v) is 3.84. The van der Waals surface area contributed by atoms with Crippen LogP contribution < -0.4 is 5.32 Å². The molecule has 0 amide bonds. The van der Waals surface area contributed by atoms with Crippen molar-refractivity contribution < 1.29 is 5.11 Å². The summed E-state index contributed by atoms with van der Waals surface area (Å²) in [4.78, 5) is 2.55. The van der Waals surface area contributed by atoms with Gasteiger partial charge in [-0.15, -0.1) is 0 Å². The predicted octanol–water partition coefficient (Wildman–Crippen LogP) is 1.53. The smallest absolute Gasteiger partial charge is 0.0431 e. The Labute approximate surface area is 105 Å². The molecule has 3 heteroatoms. The topological polar surface area (TPSA) is 35.5 Å². The first-order valence-electron chi connectivity index (χ1n) is 7.04. The largest absolute Gasteiger partial charge is 0.396 e. The summed E-state index contributed by atoms with van der Waals surface area (Å²) in [6.07, 6.45) is 7.36. The number of nitrogens with one attached hydrogen (secondary N) is 1. The van der Waals surface area contributed by atoms with Crippen LogP contribution in [0.3, 0.4) is 0 Å². The van der Waals surface area contributed by atoms with Crippen LogP contribution in [0.4, 0.5) is 0 Å². The fourth-order valence-electron chi connectivity index (χ4n) is 2.68. The number of likely N-dealkylation sites (tertiary alicyclic amines) is 1.